The molecule has 1 atom stereocenters. The summed E-state index contributed by atoms with van der Waals surface area (Å²) in [4.78, 5) is 2.53. The molecule has 0 bridgehead atoms. The van der Waals surface area contributed by atoms with Gasteiger partial charge in [0.2, 0.25) is 0 Å². The Morgan fingerprint density at radius 3 is 2.12 bits per heavy atom. The Hall–Kier alpha value is -0.280. The number of nitrogens with two attached hydrogens (primary N) is 1. The summed E-state index contributed by atoms with van der Waals surface area (Å²) in [6.45, 7) is 3.14. The van der Waals surface area contributed by atoms with Gasteiger partial charge in [0.1, 0.15) is 0 Å². The predicted molar refractivity (Wildman–Crippen MR) is 78.2 cm³/mol. The van der Waals surface area contributed by atoms with Crippen molar-refractivity contribution < 1.29 is 0 Å². The maximum absolute atomic E-state index is 5.89. The van der Waals surface area contributed by atoms with Crippen LogP contribution in [0.3, 0.4) is 0 Å². The molecule has 2 nitrogen and oxygen atoms in total. The van der Waals surface area contributed by atoms with E-state index in [4.69, 9.17) is 5.73 Å². The normalized spacial score (nSPS) is 17.7. The maximum atomic E-state index is 5.89. The van der Waals surface area contributed by atoms with Crippen molar-refractivity contribution in [2.75, 3.05) is 19.6 Å². The lowest BCUT2D eigenvalue weighted by atomic mass is 10.0. The summed E-state index contributed by atoms with van der Waals surface area (Å²) in [5.41, 5.74) is 7.26. The summed E-state index contributed by atoms with van der Waals surface area (Å²) in [7, 11) is 0. The molecule has 1 fully saturated rings. The first-order chi connectivity index (χ1) is 7.42. The second kappa shape index (κ2) is 8.76. The Bertz CT molecular complexity index is 287. The van der Waals surface area contributed by atoms with Gasteiger partial charge >= 0.3 is 0 Å². The van der Waals surface area contributed by atoms with Crippen molar-refractivity contribution in [3.05, 3.63) is 35.9 Å². The van der Waals surface area contributed by atoms with Gasteiger partial charge in [0.25, 0.3) is 0 Å². The summed E-state index contributed by atoms with van der Waals surface area (Å²) in [5, 5.41) is 0. The molecule has 1 aliphatic heterocycles. The van der Waals surface area contributed by atoms with E-state index in [1.165, 1.54) is 37.9 Å². The van der Waals surface area contributed by atoms with Crippen LogP contribution >= 0.6 is 24.8 Å². The van der Waals surface area contributed by atoms with Crippen LogP contribution in [0.4, 0.5) is 0 Å². The van der Waals surface area contributed by atoms with E-state index in [1.54, 1.807) is 0 Å². The molecule has 0 aromatic heterocycles. The minimum absolute atomic E-state index is 0. The fraction of sp³-hybridized carbons (Fsp3) is 0.538. The van der Waals surface area contributed by atoms with Crippen molar-refractivity contribution >= 4 is 24.8 Å². The highest BCUT2D eigenvalue weighted by molar-refractivity contribution is 5.85. The Morgan fingerprint density at radius 2 is 1.59 bits per heavy atom. The van der Waals surface area contributed by atoms with Gasteiger partial charge in [-0.2, -0.15) is 0 Å². The first kappa shape index (κ1) is 16.7. The van der Waals surface area contributed by atoms with Crippen LogP contribution in [0.2, 0.25) is 0 Å². The number of hydrogen-bond donors (Lipinski definition) is 1. The first-order valence-electron chi connectivity index (χ1n) is 5.91. The molecule has 2 N–H and O–H groups in total. The van der Waals surface area contributed by atoms with Gasteiger partial charge in [0, 0.05) is 12.6 Å². The van der Waals surface area contributed by atoms with E-state index in [1.807, 2.05) is 0 Å². The zero-order valence-corrected chi connectivity index (χ0v) is 11.7. The predicted octanol–water partition coefficient (Wildman–Crippen LogP) is 3.02. The lowest BCUT2D eigenvalue weighted by Gasteiger charge is -2.34. The zero-order valence-electron chi connectivity index (χ0n) is 10.0. The molecule has 0 saturated carbocycles. The van der Waals surface area contributed by atoms with Gasteiger partial charge < -0.3 is 5.73 Å². The number of piperidine rings is 1. The maximum Gasteiger partial charge on any atom is 0.0470 e. The van der Waals surface area contributed by atoms with Crippen molar-refractivity contribution in [2.45, 2.75) is 25.3 Å². The van der Waals surface area contributed by atoms with E-state index in [-0.39, 0.29) is 24.8 Å². The van der Waals surface area contributed by atoms with E-state index < -0.39 is 0 Å². The first-order valence-corrected chi connectivity index (χ1v) is 5.91. The summed E-state index contributed by atoms with van der Waals surface area (Å²) in [6, 6.07) is 11.1. The monoisotopic (exact) mass is 276 g/mol. The molecule has 1 saturated heterocycles. The molecule has 1 unspecified atom stereocenters. The fourth-order valence-electron chi connectivity index (χ4n) is 2.40. The highest BCUT2D eigenvalue weighted by Gasteiger charge is 2.20. The van der Waals surface area contributed by atoms with Gasteiger partial charge in [-0.25, -0.2) is 0 Å². The SMILES string of the molecule is Cl.Cl.NCC(c1ccccc1)N1CCCCC1. The molecule has 1 heterocycles. The lowest BCUT2D eigenvalue weighted by Crippen LogP contribution is -2.37. The van der Waals surface area contributed by atoms with E-state index in [2.05, 4.69) is 35.2 Å². The second-order valence-corrected chi connectivity index (χ2v) is 4.26. The van der Waals surface area contributed by atoms with Gasteiger partial charge in [0.15, 0.2) is 0 Å². The van der Waals surface area contributed by atoms with Crippen LogP contribution in [-0.2, 0) is 0 Å². The van der Waals surface area contributed by atoms with Crippen molar-refractivity contribution in [1.82, 2.24) is 4.90 Å². The fourth-order valence-corrected chi connectivity index (χ4v) is 2.40. The zero-order chi connectivity index (χ0) is 10.5. The average Bonchev–Trinajstić information content (AvgIpc) is 2.33. The number of hydrogen-bond acceptors (Lipinski definition) is 2. The molecule has 17 heavy (non-hydrogen) atoms. The third-order valence-corrected chi connectivity index (χ3v) is 3.24. The smallest absolute Gasteiger partial charge is 0.0470 e. The number of halogens is 2. The van der Waals surface area contributed by atoms with Crippen LogP contribution in [0.1, 0.15) is 30.9 Å². The number of nitrogens with zero attached hydrogens (tertiary/aromatic N) is 1. The van der Waals surface area contributed by atoms with Gasteiger partial charge in [-0.1, -0.05) is 36.8 Å². The van der Waals surface area contributed by atoms with Crippen LogP contribution in [0.5, 0.6) is 0 Å². The summed E-state index contributed by atoms with van der Waals surface area (Å²) >= 11 is 0. The summed E-state index contributed by atoms with van der Waals surface area (Å²) in [5.74, 6) is 0. The largest absolute Gasteiger partial charge is 0.329 e. The van der Waals surface area contributed by atoms with Gasteiger partial charge in [0.05, 0.1) is 0 Å². The lowest BCUT2D eigenvalue weighted by molar-refractivity contribution is 0.167. The van der Waals surface area contributed by atoms with E-state index in [0.717, 1.165) is 6.54 Å². The molecule has 98 valence electrons. The Labute approximate surface area is 116 Å². The molecule has 0 radical (unpaired) electrons. The number of likely N-dealkylation sites (tertiary alicyclic amines) is 1. The molecule has 1 aliphatic rings. The van der Waals surface area contributed by atoms with E-state index in [9.17, 15) is 0 Å². The third-order valence-electron chi connectivity index (χ3n) is 3.24. The topological polar surface area (TPSA) is 29.3 Å². The van der Waals surface area contributed by atoms with Crippen LogP contribution < -0.4 is 5.73 Å². The molecule has 4 heteroatoms. The second-order valence-electron chi connectivity index (χ2n) is 4.26. The molecule has 1 aromatic carbocycles. The number of benzene rings is 1. The Balaban J connectivity index is 0.00000128. The average molecular weight is 277 g/mol. The summed E-state index contributed by atoms with van der Waals surface area (Å²) < 4.78 is 0. The Morgan fingerprint density at radius 1 is 1.00 bits per heavy atom. The third kappa shape index (κ3) is 4.47. The quantitative estimate of drug-likeness (QED) is 0.920. The minimum atomic E-state index is 0. The molecular weight excluding hydrogens is 255 g/mol. The number of rotatable bonds is 3. The van der Waals surface area contributed by atoms with Crippen LogP contribution in [0.15, 0.2) is 30.3 Å². The van der Waals surface area contributed by atoms with Gasteiger partial charge in [-0.15, -0.1) is 24.8 Å². The molecule has 0 aliphatic carbocycles. The molecular formula is C13H22Cl2N2. The van der Waals surface area contributed by atoms with Gasteiger partial charge in [-0.05, 0) is 31.5 Å². The van der Waals surface area contributed by atoms with Crippen molar-refractivity contribution in [2.24, 2.45) is 5.73 Å². The van der Waals surface area contributed by atoms with Crippen molar-refractivity contribution in [3.63, 3.8) is 0 Å². The standard InChI is InChI=1S/C13H20N2.2ClH/c14-11-13(12-7-3-1-4-8-12)15-9-5-2-6-10-15;;/h1,3-4,7-8,13H,2,5-6,9-11,14H2;2*1H. The van der Waals surface area contributed by atoms with Crippen LogP contribution in [0.25, 0.3) is 0 Å². The molecule has 2 rings (SSSR count). The van der Waals surface area contributed by atoms with E-state index >= 15 is 0 Å². The summed E-state index contributed by atoms with van der Waals surface area (Å²) in [6.07, 6.45) is 4.02. The van der Waals surface area contributed by atoms with Gasteiger partial charge in [-0.3, -0.25) is 4.90 Å². The van der Waals surface area contributed by atoms with Crippen molar-refractivity contribution in [3.8, 4) is 0 Å². The molecule has 0 amide bonds. The van der Waals surface area contributed by atoms with Crippen LogP contribution in [0, 0.1) is 0 Å². The highest BCUT2D eigenvalue weighted by Crippen LogP contribution is 2.23. The van der Waals surface area contributed by atoms with Crippen molar-refractivity contribution in [1.29, 1.82) is 0 Å². The Kier molecular flexibility index (Phi) is 8.61. The minimum Gasteiger partial charge on any atom is -0.329 e. The highest BCUT2D eigenvalue weighted by atomic mass is 35.5. The molecule has 0 spiro atoms. The molecule has 1 aromatic rings. The van der Waals surface area contributed by atoms with E-state index in [0.29, 0.717) is 6.04 Å². The van der Waals surface area contributed by atoms with Crippen LogP contribution in [-0.4, -0.2) is 24.5 Å².